The highest BCUT2D eigenvalue weighted by molar-refractivity contribution is 5.95. The van der Waals surface area contributed by atoms with Gasteiger partial charge in [-0.1, -0.05) is 32.0 Å². The smallest absolute Gasteiger partial charge is 0.392 e. The van der Waals surface area contributed by atoms with Crippen LogP contribution in [0.5, 0.6) is 0 Å². The van der Waals surface area contributed by atoms with E-state index in [1.54, 1.807) is 24.3 Å². The van der Waals surface area contributed by atoms with Gasteiger partial charge in [0, 0.05) is 19.5 Å². The molecule has 0 saturated carbocycles. The second-order valence-electron chi connectivity index (χ2n) is 7.39. The Kier molecular flexibility index (Phi) is 4.29. The fourth-order valence-electron chi connectivity index (χ4n) is 3.82. The topological polar surface area (TPSA) is 46.6 Å². The van der Waals surface area contributed by atoms with Crippen molar-refractivity contribution in [1.29, 1.82) is 0 Å². The molecule has 2 aliphatic heterocycles. The number of ether oxygens (including phenoxy) is 1. The van der Waals surface area contributed by atoms with Gasteiger partial charge in [-0.15, -0.1) is 0 Å². The van der Waals surface area contributed by atoms with E-state index >= 15 is 0 Å². The Morgan fingerprint density at radius 1 is 1.28 bits per heavy atom. The van der Waals surface area contributed by atoms with Crippen molar-refractivity contribution in [2.45, 2.75) is 39.0 Å². The number of carbonyl (C=O) groups excluding carboxylic acids is 2. The molecule has 0 aliphatic carbocycles. The molecule has 2 heterocycles. The molecule has 136 valence electrons. The number of carbonyl (C=O) groups is 2. The molecule has 0 radical (unpaired) electrons. The van der Waals surface area contributed by atoms with Crippen molar-refractivity contribution in [3.63, 3.8) is 0 Å². The fourth-order valence-corrected chi connectivity index (χ4v) is 3.82. The van der Waals surface area contributed by atoms with E-state index in [1.807, 2.05) is 0 Å². The number of esters is 1. The monoisotopic (exact) mass is 355 g/mol. The van der Waals surface area contributed by atoms with E-state index in [0.717, 1.165) is 5.56 Å². The summed E-state index contributed by atoms with van der Waals surface area (Å²) in [6.45, 7) is 3.05. The molecular formula is C18H20F3NO3. The average molecular weight is 355 g/mol. The molecule has 1 saturated heterocycles. The number of cyclic esters (lactones) is 1. The minimum Gasteiger partial charge on any atom is -0.448 e. The number of halogens is 3. The molecule has 1 amide bonds. The zero-order chi connectivity index (χ0) is 18.4. The van der Waals surface area contributed by atoms with Gasteiger partial charge in [0.25, 0.3) is 5.91 Å². The predicted molar refractivity (Wildman–Crippen MR) is 83.9 cm³/mol. The molecule has 7 heteroatoms. The van der Waals surface area contributed by atoms with Gasteiger partial charge in [-0.2, -0.15) is 13.2 Å². The molecule has 1 fully saturated rings. The molecule has 2 atom stereocenters. The first-order chi connectivity index (χ1) is 11.6. The van der Waals surface area contributed by atoms with Crippen molar-refractivity contribution < 1.29 is 27.5 Å². The van der Waals surface area contributed by atoms with E-state index in [2.05, 4.69) is 0 Å². The van der Waals surface area contributed by atoms with Crippen LogP contribution in [0.1, 0.15) is 36.2 Å². The summed E-state index contributed by atoms with van der Waals surface area (Å²) in [5, 5.41) is 0. The van der Waals surface area contributed by atoms with Gasteiger partial charge in [-0.3, -0.25) is 4.79 Å². The number of amides is 1. The Morgan fingerprint density at radius 3 is 2.60 bits per heavy atom. The van der Waals surface area contributed by atoms with Crippen molar-refractivity contribution in [1.82, 2.24) is 4.90 Å². The summed E-state index contributed by atoms with van der Waals surface area (Å²) in [5.41, 5.74) is 0.0761. The van der Waals surface area contributed by atoms with Gasteiger partial charge >= 0.3 is 12.1 Å². The van der Waals surface area contributed by atoms with Crippen molar-refractivity contribution >= 4 is 11.9 Å². The summed E-state index contributed by atoms with van der Waals surface area (Å²) < 4.78 is 44.7. The number of hydrogen-bond donors (Lipinski definition) is 0. The van der Waals surface area contributed by atoms with Gasteiger partial charge in [0.1, 0.15) is 0 Å². The standard InChI is InChI=1S/C18H20F3NO3/c1-17(2)10-22(8-7-14(17)18(19,20)21)15(23)13-9-11-5-3-4-6-12(11)16(24)25-13/h3-6,13-14H,7-10H2,1-2H3/t13-,14+/m1/s1. The lowest BCUT2D eigenvalue weighted by Gasteiger charge is -2.45. The van der Waals surface area contributed by atoms with Crippen LogP contribution < -0.4 is 0 Å². The number of hydrogen-bond acceptors (Lipinski definition) is 3. The highest BCUT2D eigenvalue weighted by atomic mass is 19.4. The number of piperidine rings is 1. The highest BCUT2D eigenvalue weighted by Gasteiger charge is 2.52. The molecule has 3 rings (SSSR count). The molecule has 2 aliphatic rings. The second kappa shape index (κ2) is 6.04. The van der Waals surface area contributed by atoms with Gasteiger partial charge in [-0.25, -0.2) is 4.79 Å². The number of alkyl halides is 3. The van der Waals surface area contributed by atoms with Crippen LogP contribution in [-0.2, 0) is 16.0 Å². The lowest BCUT2D eigenvalue weighted by atomic mass is 9.73. The summed E-state index contributed by atoms with van der Waals surface area (Å²) >= 11 is 0. The number of rotatable bonds is 1. The van der Waals surface area contributed by atoms with Crippen LogP contribution >= 0.6 is 0 Å². The summed E-state index contributed by atoms with van der Waals surface area (Å²) in [6, 6.07) is 6.88. The van der Waals surface area contributed by atoms with E-state index < -0.39 is 35.5 Å². The Hall–Kier alpha value is -2.05. The van der Waals surface area contributed by atoms with Gasteiger partial charge in [-0.05, 0) is 23.5 Å². The number of benzene rings is 1. The van der Waals surface area contributed by atoms with E-state index in [1.165, 1.54) is 18.7 Å². The fraction of sp³-hybridized carbons (Fsp3) is 0.556. The molecule has 0 aromatic heterocycles. The second-order valence-corrected chi connectivity index (χ2v) is 7.39. The minimum absolute atomic E-state index is 0.00823. The normalized spacial score (nSPS) is 26.0. The quantitative estimate of drug-likeness (QED) is 0.727. The molecule has 0 unspecified atom stereocenters. The Labute approximate surface area is 143 Å². The molecule has 1 aromatic carbocycles. The first-order valence-electron chi connectivity index (χ1n) is 8.24. The van der Waals surface area contributed by atoms with Gasteiger partial charge < -0.3 is 9.64 Å². The number of fused-ring (bicyclic) bond motifs is 1. The van der Waals surface area contributed by atoms with Crippen LogP contribution in [0, 0.1) is 11.3 Å². The highest BCUT2D eigenvalue weighted by Crippen LogP contribution is 2.45. The third-order valence-electron chi connectivity index (χ3n) is 5.10. The lowest BCUT2D eigenvalue weighted by molar-refractivity contribution is -0.218. The molecule has 1 aromatic rings. The summed E-state index contributed by atoms with van der Waals surface area (Å²) in [6.07, 6.45) is -5.14. The Balaban J connectivity index is 1.74. The average Bonchev–Trinajstić information content (AvgIpc) is 2.51. The third-order valence-corrected chi connectivity index (χ3v) is 5.10. The van der Waals surface area contributed by atoms with Crippen LogP contribution in [0.3, 0.4) is 0 Å². The molecule has 25 heavy (non-hydrogen) atoms. The molecule has 0 N–H and O–H groups in total. The van der Waals surface area contributed by atoms with Crippen molar-refractivity contribution in [3.05, 3.63) is 35.4 Å². The van der Waals surface area contributed by atoms with Crippen LogP contribution in [0.25, 0.3) is 0 Å². The van der Waals surface area contributed by atoms with Crippen LogP contribution in [0.2, 0.25) is 0 Å². The van der Waals surface area contributed by atoms with Crippen LogP contribution in [-0.4, -0.2) is 42.1 Å². The first kappa shape index (κ1) is 17.8. The van der Waals surface area contributed by atoms with Gasteiger partial charge in [0.2, 0.25) is 0 Å². The van der Waals surface area contributed by atoms with Crippen LogP contribution in [0.15, 0.2) is 24.3 Å². The van der Waals surface area contributed by atoms with Crippen molar-refractivity contribution in [2.24, 2.45) is 11.3 Å². The van der Waals surface area contributed by atoms with Gasteiger partial charge in [0.05, 0.1) is 11.5 Å². The zero-order valence-corrected chi connectivity index (χ0v) is 14.1. The Bertz CT molecular complexity index is 699. The zero-order valence-electron chi connectivity index (χ0n) is 14.1. The SMILES string of the molecule is CC1(C)CN(C(=O)[C@H]2Cc3ccccc3C(=O)O2)CC[C@@H]1C(F)(F)F. The Morgan fingerprint density at radius 2 is 1.96 bits per heavy atom. The molecule has 4 nitrogen and oxygen atoms in total. The van der Waals surface area contributed by atoms with Crippen molar-refractivity contribution in [3.8, 4) is 0 Å². The van der Waals surface area contributed by atoms with Crippen LogP contribution in [0.4, 0.5) is 13.2 Å². The number of nitrogens with zero attached hydrogens (tertiary/aromatic N) is 1. The first-order valence-corrected chi connectivity index (χ1v) is 8.24. The predicted octanol–water partition coefficient (Wildman–Crippen LogP) is 3.21. The third kappa shape index (κ3) is 3.37. The maximum Gasteiger partial charge on any atom is 0.392 e. The van der Waals surface area contributed by atoms with E-state index in [9.17, 15) is 22.8 Å². The maximum absolute atomic E-state index is 13.2. The lowest BCUT2D eigenvalue weighted by Crippen LogP contribution is -2.55. The molecule has 0 bridgehead atoms. The number of likely N-dealkylation sites (tertiary alicyclic amines) is 1. The maximum atomic E-state index is 13.2. The summed E-state index contributed by atoms with van der Waals surface area (Å²) in [4.78, 5) is 26.2. The molecular weight excluding hydrogens is 335 g/mol. The van der Waals surface area contributed by atoms with Gasteiger partial charge in [0.15, 0.2) is 6.10 Å². The molecule has 0 spiro atoms. The largest absolute Gasteiger partial charge is 0.448 e. The van der Waals surface area contributed by atoms with E-state index in [4.69, 9.17) is 4.74 Å². The van der Waals surface area contributed by atoms with E-state index in [0.29, 0.717) is 5.56 Å². The van der Waals surface area contributed by atoms with Crippen molar-refractivity contribution in [2.75, 3.05) is 13.1 Å². The summed E-state index contributed by atoms with van der Waals surface area (Å²) in [7, 11) is 0. The minimum atomic E-state index is -4.28. The summed E-state index contributed by atoms with van der Waals surface area (Å²) in [5.74, 6) is -2.43. The van der Waals surface area contributed by atoms with E-state index in [-0.39, 0.29) is 25.9 Å².